The standard InChI is InChI=1S/C17H15FN4O3/c1-17(11-2-4-12(18)5-3-11)15(24)22(16(25)21-17)10-14(23)20-13-6-8-19-9-7-13/h2-9H,10H2,1H3,(H,21,25)(H,19,20,23)/t17-/m1/s1. The van der Waals surface area contributed by atoms with E-state index in [4.69, 9.17) is 0 Å². The normalized spacial score (nSPS) is 19.7. The molecule has 1 fully saturated rings. The third kappa shape index (κ3) is 3.18. The van der Waals surface area contributed by atoms with E-state index >= 15 is 0 Å². The van der Waals surface area contributed by atoms with E-state index in [1.165, 1.54) is 43.6 Å². The van der Waals surface area contributed by atoms with Crippen LogP contribution < -0.4 is 10.6 Å². The molecule has 0 saturated carbocycles. The SMILES string of the molecule is C[C@]1(c2ccc(F)cc2)NC(=O)N(CC(=O)Nc2ccncc2)C1=O. The molecule has 1 aliphatic rings. The van der Waals surface area contributed by atoms with Gasteiger partial charge in [-0.1, -0.05) is 12.1 Å². The fraction of sp³-hybridized carbons (Fsp3) is 0.176. The summed E-state index contributed by atoms with van der Waals surface area (Å²) in [4.78, 5) is 41.6. The number of pyridine rings is 1. The van der Waals surface area contributed by atoms with Crippen LogP contribution in [0.5, 0.6) is 0 Å². The molecule has 2 aromatic rings. The van der Waals surface area contributed by atoms with Gasteiger partial charge in [-0.15, -0.1) is 0 Å². The Labute approximate surface area is 142 Å². The number of carbonyl (C=O) groups excluding carboxylic acids is 3. The zero-order valence-corrected chi connectivity index (χ0v) is 13.3. The van der Waals surface area contributed by atoms with Crippen LogP contribution in [0, 0.1) is 5.82 Å². The van der Waals surface area contributed by atoms with Gasteiger partial charge in [-0.25, -0.2) is 9.18 Å². The predicted octanol–water partition coefficient (Wildman–Crippen LogP) is 1.63. The fourth-order valence-corrected chi connectivity index (χ4v) is 2.60. The van der Waals surface area contributed by atoms with E-state index < -0.39 is 35.7 Å². The van der Waals surface area contributed by atoms with Gasteiger partial charge in [-0.3, -0.25) is 19.5 Å². The smallest absolute Gasteiger partial charge is 0.324 e. The number of hydrogen-bond acceptors (Lipinski definition) is 4. The topological polar surface area (TPSA) is 91.4 Å². The molecule has 128 valence electrons. The number of rotatable bonds is 4. The molecule has 8 heteroatoms. The molecular weight excluding hydrogens is 327 g/mol. The zero-order chi connectivity index (χ0) is 18.0. The van der Waals surface area contributed by atoms with Crippen LogP contribution in [0.4, 0.5) is 14.9 Å². The van der Waals surface area contributed by atoms with Crippen molar-refractivity contribution in [3.05, 3.63) is 60.2 Å². The van der Waals surface area contributed by atoms with Gasteiger partial charge < -0.3 is 10.6 Å². The van der Waals surface area contributed by atoms with E-state index in [1.807, 2.05) is 0 Å². The molecule has 25 heavy (non-hydrogen) atoms. The van der Waals surface area contributed by atoms with Crippen LogP contribution in [0.3, 0.4) is 0 Å². The summed E-state index contributed by atoms with van der Waals surface area (Å²) in [6, 6.07) is 7.76. The van der Waals surface area contributed by atoms with Gasteiger partial charge in [0.25, 0.3) is 5.91 Å². The molecule has 1 atom stereocenters. The molecule has 0 unspecified atom stereocenters. The third-order valence-electron chi connectivity index (χ3n) is 3.96. The second kappa shape index (κ2) is 6.31. The molecule has 0 bridgehead atoms. The minimum Gasteiger partial charge on any atom is -0.324 e. The number of benzene rings is 1. The summed E-state index contributed by atoms with van der Waals surface area (Å²) < 4.78 is 13.1. The van der Waals surface area contributed by atoms with Gasteiger partial charge in [-0.2, -0.15) is 0 Å². The van der Waals surface area contributed by atoms with Gasteiger partial charge >= 0.3 is 6.03 Å². The number of imide groups is 1. The number of aromatic nitrogens is 1. The molecule has 4 amide bonds. The molecule has 0 spiro atoms. The maximum Gasteiger partial charge on any atom is 0.325 e. The monoisotopic (exact) mass is 342 g/mol. The maximum absolute atomic E-state index is 13.1. The highest BCUT2D eigenvalue weighted by Gasteiger charge is 2.49. The van der Waals surface area contributed by atoms with Crippen molar-refractivity contribution < 1.29 is 18.8 Å². The number of hydrogen-bond donors (Lipinski definition) is 2. The molecular formula is C17H15FN4O3. The molecule has 2 heterocycles. The number of urea groups is 1. The van der Waals surface area contributed by atoms with Crippen LogP contribution in [0.15, 0.2) is 48.8 Å². The number of anilines is 1. The highest BCUT2D eigenvalue weighted by atomic mass is 19.1. The molecule has 0 aliphatic carbocycles. The number of carbonyl (C=O) groups is 3. The summed E-state index contributed by atoms with van der Waals surface area (Å²) in [6.45, 7) is 1.09. The van der Waals surface area contributed by atoms with Crippen LogP contribution in [0.1, 0.15) is 12.5 Å². The maximum atomic E-state index is 13.1. The van der Waals surface area contributed by atoms with Crippen molar-refractivity contribution in [2.24, 2.45) is 0 Å². The largest absolute Gasteiger partial charge is 0.325 e. The summed E-state index contributed by atoms with van der Waals surface area (Å²) in [7, 11) is 0. The Morgan fingerprint density at radius 2 is 1.84 bits per heavy atom. The van der Waals surface area contributed by atoms with Crippen LogP contribution in [-0.4, -0.2) is 34.3 Å². The highest BCUT2D eigenvalue weighted by Crippen LogP contribution is 2.28. The average Bonchev–Trinajstić information content (AvgIpc) is 2.80. The second-order valence-electron chi connectivity index (χ2n) is 5.74. The summed E-state index contributed by atoms with van der Waals surface area (Å²) in [5.74, 6) is -1.54. The lowest BCUT2D eigenvalue weighted by Crippen LogP contribution is -2.42. The molecule has 1 aliphatic heterocycles. The van der Waals surface area contributed by atoms with E-state index in [-0.39, 0.29) is 0 Å². The Balaban J connectivity index is 1.75. The van der Waals surface area contributed by atoms with Crippen LogP contribution in [0.2, 0.25) is 0 Å². The first kappa shape index (κ1) is 16.6. The average molecular weight is 342 g/mol. The first-order valence-corrected chi connectivity index (χ1v) is 7.50. The highest BCUT2D eigenvalue weighted by molar-refractivity contribution is 6.10. The molecule has 1 aromatic carbocycles. The predicted molar refractivity (Wildman–Crippen MR) is 86.9 cm³/mol. The molecule has 1 aromatic heterocycles. The van der Waals surface area contributed by atoms with Crippen molar-refractivity contribution in [2.75, 3.05) is 11.9 Å². The Kier molecular flexibility index (Phi) is 4.18. The van der Waals surface area contributed by atoms with Crippen molar-refractivity contribution in [2.45, 2.75) is 12.5 Å². The first-order chi connectivity index (χ1) is 11.9. The van der Waals surface area contributed by atoms with E-state index in [0.717, 1.165) is 4.90 Å². The molecule has 2 N–H and O–H groups in total. The van der Waals surface area contributed by atoms with Crippen molar-refractivity contribution in [1.82, 2.24) is 15.2 Å². The van der Waals surface area contributed by atoms with Gasteiger partial charge in [0.05, 0.1) is 0 Å². The van der Waals surface area contributed by atoms with E-state index in [2.05, 4.69) is 15.6 Å². The molecule has 0 radical (unpaired) electrons. The minimum absolute atomic E-state index is 0.427. The Morgan fingerprint density at radius 1 is 1.20 bits per heavy atom. The van der Waals surface area contributed by atoms with Crippen LogP contribution in [0.25, 0.3) is 0 Å². The van der Waals surface area contributed by atoms with Crippen molar-refractivity contribution in [3.63, 3.8) is 0 Å². The lowest BCUT2D eigenvalue weighted by molar-refractivity contribution is -0.133. The van der Waals surface area contributed by atoms with E-state index in [0.29, 0.717) is 11.3 Å². The minimum atomic E-state index is -1.35. The molecule has 3 rings (SSSR count). The summed E-state index contributed by atoms with van der Waals surface area (Å²) in [5, 5.41) is 5.14. The lowest BCUT2D eigenvalue weighted by Gasteiger charge is -2.22. The van der Waals surface area contributed by atoms with E-state index in [9.17, 15) is 18.8 Å². The van der Waals surface area contributed by atoms with Gasteiger partial charge in [0, 0.05) is 18.1 Å². The number of amides is 4. The summed E-state index contributed by atoms with van der Waals surface area (Å²) in [5.41, 5.74) is -0.403. The number of halogens is 1. The van der Waals surface area contributed by atoms with Gasteiger partial charge in [0.1, 0.15) is 17.9 Å². The van der Waals surface area contributed by atoms with Gasteiger partial charge in [-0.05, 0) is 36.8 Å². The Hall–Kier alpha value is -3.29. The first-order valence-electron chi connectivity index (χ1n) is 7.50. The van der Waals surface area contributed by atoms with Gasteiger partial charge in [0.15, 0.2) is 0 Å². The lowest BCUT2D eigenvalue weighted by atomic mass is 9.92. The number of nitrogens with one attached hydrogen (secondary N) is 2. The third-order valence-corrected chi connectivity index (χ3v) is 3.96. The van der Waals surface area contributed by atoms with Crippen LogP contribution in [-0.2, 0) is 15.1 Å². The quantitative estimate of drug-likeness (QED) is 0.826. The van der Waals surface area contributed by atoms with Crippen molar-refractivity contribution >= 4 is 23.5 Å². The Bertz CT molecular complexity index is 826. The molecule has 1 saturated heterocycles. The summed E-state index contributed by atoms with van der Waals surface area (Å²) >= 11 is 0. The van der Waals surface area contributed by atoms with E-state index in [1.54, 1.807) is 12.1 Å². The van der Waals surface area contributed by atoms with Crippen LogP contribution >= 0.6 is 0 Å². The Morgan fingerprint density at radius 3 is 2.48 bits per heavy atom. The van der Waals surface area contributed by atoms with Crippen molar-refractivity contribution in [1.29, 1.82) is 0 Å². The number of nitrogens with zero attached hydrogens (tertiary/aromatic N) is 2. The molecule has 7 nitrogen and oxygen atoms in total. The van der Waals surface area contributed by atoms with Gasteiger partial charge in [0.2, 0.25) is 5.91 Å². The van der Waals surface area contributed by atoms with Crippen molar-refractivity contribution in [3.8, 4) is 0 Å². The second-order valence-corrected chi connectivity index (χ2v) is 5.74. The zero-order valence-electron chi connectivity index (χ0n) is 13.3. The summed E-state index contributed by atoms with van der Waals surface area (Å²) in [6.07, 6.45) is 3.02. The fourth-order valence-electron chi connectivity index (χ4n) is 2.60.